The summed E-state index contributed by atoms with van der Waals surface area (Å²) >= 11 is 0. The predicted octanol–water partition coefficient (Wildman–Crippen LogP) is -2.14. The molecule has 2 aromatic rings. The van der Waals surface area contributed by atoms with E-state index in [1.54, 1.807) is 0 Å². The maximum Gasteiger partial charge on any atom is 0.374 e. The normalized spacial score (nSPS) is 27.3. The molecule has 122 valence electrons. The third-order valence-corrected chi connectivity index (χ3v) is 3.52. The van der Waals surface area contributed by atoms with Gasteiger partial charge in [-0.25, -0.2) is 9.78 Å². The van der Waals surface area contributed by atoms with E-state index in [0.717, 1.165) is 0 Å². The molecule has 1 aliphatic heterocycles. The molecule has 0 saturated carbocycles. The summed E-state index contributed by atoms with van der Waals surface area (Å²) in [6.45, 7) is -0.499. The van der Waals surface area contributed by atoms with E-state index in [1.165, 1.54) is 10.9 Å². The molecule has 3 heterocycles. The lowest BCUT2D eigenvalue weighted by Crippen LogP contribution is -2.33. The Hall–Kier alpha value is -2.70. The molecule has 0 bridgehead atoms. The number of rotatable bonds is 3. The van der Waals surface area contributed by atoms with Crippen LogP contribution in [0.2, 0.25) is 0 Å². The third-order valence-electron chi connectivity index (χ3n) is 3.52. The van der Waals surface area contributed by atoms with E-state index in [-0.39, 0.29) is 17.1 Å². The monoisotopic (exact) mass is 324 g/mol. The first-order chi connectivity index (χ1) is 11.0. The van der Waals surface area contributed by atoms with E-state index in [4.69, 9.17) is 21.1 Å². The number of nitrogens with zero attached hydrogens (tertiary/aromatic N) is 7. The number of aliphatic hydroxyl groups is 3. The largest absolute Gasteiger partial charge is 0.394 e. The number of imidazole rings is 1. The Morgan fingerprint density at radius 3 is 2.83 bits per heavy atom. The molecule has 2 aromatic heterocycles. The van der Waals surface area contributed by atoms with Crippen molar-refractivity contribution in [2.75, 3.05) is 12.3 Å². The van der Waals surface area contributed by atoms with E-state index >= 15 is 0 Å². The van der Waals surface area contributed by atoms with Gasteiger partial charge < -0.3 is 25.8 Å². The highest BCUT2D eigenvalue weighted by Crippen LogP contribution is 2.30. The molecule has 3 rings (SSSR count). The fourth-order valence-corrected chi connectivity index (χ4v) is 2.40. The Morgan fingerprint density at radius 2 is 2.22 bits per heavy atom. The quantitative estimate of drug-likeness (QED) is 0.278. The molecule has 1 saturated heterocycles. The Morgan fingerprint density at radius 1 is 1.48 bits per heavy atom. The van der Waals surface area contributed by atoms with Crippen molar-refractivity contribution in [1.82, 2.24) is 19.2 Å². The molecular formula is C10H12N8O5. The number of hydrogen-bond acceptors (Lipinski definition) is 9. The lowest BCUT2D eigenvalue weighted by atomic mass is 10.1. The van der Waals surface area contributed by atoms with Crippen molar-refractivity contribution >= 4 is 17.1 Å². The van der Waals surface area contributed by atoms with Gasteiger partial charge in [-0.2, -0.15) is 9.90 Å². The van der Waals surface area contributed by atoms with E-state index in [1.807, 2.05) is 0 Å². The van der Waals surface area contributed by atoms with E-state index in [0.29, 0.717) is 4.68 Å². The van der Waals surface area contributed by atoms with Crippen LogP contribution >= 0.6 is 0 Å². The molecule has 4 atom stereocenters. The number of ether oxygens (including phenoxy) is 1. The van der Waals surface area contributed by atoms with Gasteiger partial charge in [0.1, 0.15) is 18.3 Å². The van der Waals surface area contributed by atoms with Crippen LogP contribution in [0.15, 0.2) is 16.3 Å². The Labute approximate surface area is 126 Å². The highest BCUT2D eigenvalue weighted by Gasteiger charge is 2.44. The standard InChI is InChI=1S/C10H12N8O5/c11-10-14-7-4(8(22)18(10)16-15-12)13-2-17(7)9-6(21)5(20)3(1-19)23-9/h2-3,5-6,9,19-21H,1H2,(H2,11,14)/t3-,5?,6?,9-/m1/s1. The van der Waals surface area contributed by atoms with Gasteiger partial charge in [-0.3, -0.25) is 4.57 Å². The molecule has 13 heteroatoms. The second-order valence-corrected chi connectivity index (χ2v) is 4.82. The van der Waals surface area contributed by atoms with Crippen LogP contribution in [0.25, 0.3) is 21.6 Å². The van der Waals surface area contributed by atoms with Crippen LogP contribution in [0.4, 0.5) is 5.95 Å². The van der Waals surface area contributed by atoms with Gasteiger partial charge in [0, 0.05) is 0 Å². The zero-order valence-electron chi connectivity index (χ0n) is 11.5. The number of aliphatic hydroxyl groups excluding tert-OH is 3. The predicted molar refractivity (Wildman–Crippen MR) is 73.8 cm³/mol. The van der Waals surface area contributed by atoms with Gasteiger partial charge in [0.2, 0.25) is 0 Å². The van der Waals surface area contributed by atoms with Crippen LogP contribution in [0.1, 0.15) is 6.23 Å². The Kier molecular flexibility index (Phi) is 3.63. The Balaban J connectivity index is 2.14. The summed E-state index contributed by atoms with van der Waals surface area (Å²) < 4.78 is 7.09. The van der Waals surface area contributed by atoms with E-state index in [2.05, 4.69) is 20.1 Å². The number of aromatic nitrogens is 4. The Bertz CT molecular complexity index is 855. The summed E-state index contributed by atoms with van der Waals surface area (Å²) in [5.41, 5.74) is 13.0. The van der Waals surface area contributed by atoms with E-state index in [9.17, 15) is 15.0 Å². The first-order valence-corrected chi connectivity index (χ1v) is 6.42. The number of azide groups is 1. The molecule has 0 spiro atoms. The molecule has 0 aromatic carbocycles. The van der Waals surface area contributed by atoms with Crippen molar-refractivity contribution in [1.29, 1.82) is 0 Å². The van der Waals surface area contributed by atoms with Gasteiger partial charge in [0.15, 0.2) is 17.4 Å². The van der Waals surface area contributed by atoms with Crippen molar-refractivity contribution in [3.05, 3.63) is 27.1 Å². The van der Waals surface area contributed by atoms with Crippen molar-refractivity contribution in [2.45, 2.75) is 24.5 Å². The molecule has 0 amide bonds. The topological polar surface area (TPSA) is 197 Å². The SMILES string of the molecule is [N-]=[N+]=Nn1c(N)nc2c(ncn2[C@@H]2O[C@H](CO)C(O)C2O)c1=O. The number of nitrogen functional groups attached to an aromatic ring is 1. The number of hydrogen-bond donors (Lipinski definition) is 4. The molecule has 13 nitrogen and oxygen atoms in total. The second-order valence-electron chi connectivity index (χ2n) is 4.82. The molecule has 5 N–H and O–H groups in total. The summed E-state index contributed by atoms with van der Waals surface area (Å²) in [7, 11) is 0. The number of fused-ring (bicyclic) bond motifs is 1. The first kappa shape index (κ1) is 15.2. The number of anilines is 1. The van der Waals surface area contributed by atoms with Crippen molar-refractivity contribution in [3.8, 4) is 0 Å². The maximum absolute atomic E-state index is 12.1. The summed E-state index contributed by atoms with van der Waals surface area (Å²) in [4.78, 5) is 22.4. The highest BCUT2D eigenvalue weighted by atomic mass is 16.6. The van der Waals surface area contributed by atoms with E-state index < -0.39 is 36.7 Å². The maximum atomic E-state index is 12.1. The average molecular weight is 324 g/mol. The van der Waals surface area contributed by atoms with Crippen LogP contribution in [-0.4, -0.2) is 59.4 Å². The van der Waals surface area contributed by atoms with Gasteiger partial charge in [-0.15, -0.1) is 10.2 Å². The fraction of sp³-hybridized carbons (Fsp3) is 0.500. The zero-order chi connectivity index (χ0) is 16.7. The zero-order valence-corrected chi connectivity index (χ0v) is 11.5. The van der Waals surface area contributed by atoms with Gasteiger partial charge >= 0.3 is 11.5 Å². The fourth-order valence-electron chi connectivity index (χ4n) is 2.40. The summed E-state index contributed by atoms with van der Waals surface area (Å²) in [5, 5.41) is 32.0. The van der Waals surface area contributed by atoms with Crippen LogP contribution in [0.5, 0.6) is 0 Å². The molecule has 0 aliphatic carbocycles. The lowest BCUT2D eigenvalue weighted by Gasteiger charge is -2.16. The van der Waals surface area contributed by atoms with Crippen molar-refractivity contribution < 1.29 is 20.1 Å². The van der Waals surface area contributed by atoms with Gasteiger partial charge in [0.05, 0.1) is 12.9 Å². The molecule has 1 aliphatic rings. The second kappa shape index (κ2) is 5.49. The minimum atomic E-state index is -1.37. The number of nitrogens with two attached hydrogens (primary N) is 1. The minimum absolute atomic E-state index is 0.0215. The van der Waals surface area contributed by atoms with Gasteiger partial charge in [-0.1, -0.05) is 0 Å². The molecule has 2 unspecified atom stereocenters. The van der Waals surface area contributed by atoms with Gasteiger partial charge in [0.25, 0.3) is 0 Å². The smallest absolute Gasteiger partial charge is 0.374 e. The minimum Gasteiger partial charge on any atom is -0.394 e. The van der Waals surface area contributed by atoms with Crippen LogP contribution in [0, 0.1) is 0 Å². The summed E-state index contributed by atoms with van der Waals surface area (Å²) in [6, 6.07) is 0. The van der Waals surface area contributed by atoms with Crippen LogP contribution in [0.3, 0.4) is 0 Å². The van der Waals surface area contributed by atoms with Crippen molar-refractivity contribution in [3.63, 3.8) is 0 Å². The summed E-state index contributed by atoms with van der Waals surface area (Å²) in [6.07, 6.45) is -3.63. The molecule has 1 fully saturated rings. The molecule has 0 radical (unpaired) electrons. The molecule has 23 heavy (non-hydrogen) atoms. The highest BCUT2D eigenvalue weighted by molar-refractivity contribution is 5.71. The van der Waals surface area contributed by atoms with Crippen molar-refractivity contribution in [2.24, 2.45) is 5.22 Å². The van der Waals surface area contributed by atoms with Crippen LogP contribution < -0.4 is 11.3 Å². The summed E-state index contributed by atoms with van der Waals surface area (Å²) in [5.74, 6) is -0.381. The van der Waals surface area contributed by atoms with Crippen LogP contribution in [-0.2, 0) is 4.74 Å². The average Bonchev–Trinajstić information content (AvgIpc) is 3.06. The third kappa shape index (κ3) is 2.19. The lowest BCUT2D eigenvalue weighted by molar-refractivity contribution is -0.0511. The first-order valence-electron chi connectivity index (χ1n) is 6.42. The van der Waals surface area contributed by atoms with Gasteiger partial charge in [-0.05, 0) is 5.22 Å². The molecular weight excluding hydrogens is 312 g/mol.